The molecule has 5 aromatic rings. The van der Waals surface area contributed by atoms with E-state index in [1.54, 1.807) is 7.11 Å². The number of rotatable bonds is 7. The number of carbonyl (C=O) groups is 1. The van der Waals surface area contributed by atoms with E-state index in [4.69, 9.17) is 20.4 Å². The van der Waals surface area contributed by atoms with Gasteiger partial charge in [0, 0.05) is 74.1 Å². The molecule has 4 aromatic heterocycles. The number of methoxy groups -OCH3 is 1. The van der Waals surface area contributed by atoms with Crippen molar-refractivity contribution in [3.63, 3.8) is 0 Å². The summed E-state index contributed by atoms with van der Waals surface area (Å²) >= 11 is 0. The van der Waals surface area contributed by atoms with Crippen LogP contribution >= 0.6 is 0 Å². The van der Waals surface area contributed by atoms with Gasteiger partial charge in [0.2, 0.25) is 0 Å². The second-order valence-electron chi connectivity index (χ2n) is 13.5. The molecule has 4 aliphatic rings. The Morgan fingerprint density at radius 1 is 1.02 bits per heavy atom. The van der Waals surface area contributed by atoms with Crippen LogP contribution in [0.2, 0.25) is 0 Å². The van der Waals surface area contributed by atoms with E-state index in [9.17, 15) is 4.79 Å². The molecule has 0 spiro atoms. The van der Waals surface area contributed by atoms with E-state index < -0.39 is 0 Å². The van der Waals surface area contributed by atoms with Crippen molar-refractivity contribution in [3.8, 4) is 17.3 Å². The Bertz CT molecular complexity index is 1960. The van der Waals surface area contributed by atoms with Crippen molar-refractivity contribution in [1.29, 1.82) is 0 Å². The average Bonchev–Trinajstić information content (AvgIpc) is 3.44. The maximum Gasteiger partial charge on any atom is 0.254 e. The topological polar surface area (TPSA) is 107 Å². The molecular formula is C35H38N8O2. The molecule has 2 bridgehead atoms. The number of ether oxygens (including phenoxy) is 1. The lowest BCUT2D eigenvalue weighted by Crippen LogP contribution is -2.45. The summed E-state index contributed by atoms with van der Waals surface area (Å²) in [7, 11) is 3.69. The summed E-state index contributed by atoms with van der Waals surface area (Å²) in [6, 6.07) is 16.7. The molecule has 3 atom stereocenters. The zero-order chi connectivity index (χ0) is 30.4. The van der Waals surface area contributed by atoms with E-state index in [0.29, 0.717) is 29.1 Å². The number of likely N-dealkylation sites (tertiary alicyclic amines) is 1. The zero-order valence-electron chi connectivity index (χ0n) is 25.8. The number of benzene rings is 1. The van der Waals surface area contributed by atoms with Gasteiger partial charge in [0.25, 0.3) is 5.91 Å². The Morgan fingerprint density at radius 3 is 2.60 bits per heavy atom. The average molecular weight is 603 g/mol. The van der Waals surface area contributed by atoms with Crippen molar-refractivity contribution >= 4 is 33.8 Å². The Labute approximate surface area is 261 Å². The first-order chi connectivity index (χ1) is 22.0. The van der Waals surface area contributed by atoms with Crippen LogP contribution in [-0.4, -0.2) is 73.7 Å². The molecule has 2 saturated carbocycles. The third-order valence-corrected chi connectivity index (χ3v) is 10.7. The van der Waals surface area contributed by atoms with Crippen molar-refractivity contribution in [2.24, 2.45) is 24.6 Å². The molecule has 9 rings (SSSR count). The maximum absolute atomic E-state index is 13.7. The molecule has 2 saturated heterocycles. The molecule has 6 heterocycles. The number of nitrogens with zero attached hydrogens (tertiary/aromatic N) is 7. The van der Waals surface area contributed by atoms with E-state index in [1.807, 2.05) is 36.3 Å². The first kappa shape index (κ1) is 26.9. The fourth-order valence-corrected chi connectivity index (χ4v) is 7.96. The molecule has 45 heavy (non-hydrogen) atoms. The number of fused-ring (bicyclic) bond motifs is 4. The van der Waals surface area contributed by atoms with E-state index in [-0.39, 0.29) is 18.0 Å². The smallest absolute Gasteiger partial charge is 0.254 e. The van der Waals surface area contributed by atoms with E-state index >= 15 is 0 Å². The van der Waals surface area contributed by atoms with Gasteiger partial charge in [-0.15, -0.1) is 0 Å². The van der Waals surface area contributed by atoms with Gasteiger partial charge in [-0.1, -0.05) is 6.07 Å². The van der Waals surface area contributed by atoms with E-state index in [1.165, 1.54) is 12.8 Å². The quantitative estimate of drug-likeness (QED) is 0.291. The lowest BCUT2D eigenvalue weighted by molar-refractivity contribution is 0.0700. The molecule has 2 N–H and O–H groups in total. The van der Waals surface area contributed by atoms with Crippen molar-refractivity contribution in [2.45, 2.75) is 50.2 Å². The minimum atomic E-state index is 0.0147. The van der Waals surface area contributed by atoms with Gasteiger partial charge in [0.05, 0.1) is 18.3 Å². The van der Waals surface area contributed by atoms with Crippen LogP contribution in [0.3, 0.4) is 0 Å². The number of hydrogen-bond donors (Lipinski definition) is 1. The molecule has 4 fully saturated rings. The third-order valence-electron chi connectivity index (χ3n) is 10.7. The van der Waals surface area contributed by atoms with E-state index in [2.05, 4.69) is 49.3 Å². The molecule has 2 aliphatic heterocycles. The number of nitrogens with two attached hydrogens (primary N) is 1. The number of piperidine rings is 1. The Balaban J connectivity index is 1.09. The molecule has 0 radical (unpaired) electrons. The van der Waals surface area contributed by atoms with Crippen molar-refractivity contribution in [1.82, 2.24) is 29.0 Å². The molecule has 1 aromatic carbocycles. The van der Waals surface area contributed by atoms with Crippen molar-refractivity contribution in [3.05, 3.63) is 66.0 Å². The van der Waals surface area contributed by atoms with Crippen LogP contribution in [0.5, 0.6) is 5.75 Å². The van der Waals surface area contributed by atoms with Crippen molar-refractivity contribution < 1.29 is 9.53 Å². The summed E-state index contributed by atoms with van der Waals surface area (Å²) in [6.45, 7) is 3.48. The summed E-state index contributed by atoms with van der Waals surface area (Å²) in [5.74, 6) is 3.99. The molecule has 10 nitrogen and oxygen atoms in total. The second kappa shape index (κ2) is 10.0. The number of hydrogen-bond acceptors (Lipinski definition) is 7. The number of pyridine rings is 2. The maximum atomic E-state index is 13.7. The number of imidazole rings is 1. The second-order valence-corrected chi connectivity index (χ2v) is 13.5. The Hall–Kier alpha value is -4.44. The first-order valence-electron chi connectivity index (χ1n) is 16.2. The molecular weight excluding hydrogens is 564 g/mol. The first-order valence-corrected chi connectivity index (χ1v) is 16.2. The summed E-state index contributed by atoms with van der Waals surface area (Å²) in [5, 5.41) is 1.10. The van der Waals surface area contributed by atoms with Crippen LogP contribution in [0.15, 0.2) is 54.7 Å². The predicted molar refractivity (Wildman–Crippen MR) is 173 cm³/mol. The molecule has 2 aliphatic carbocycles. The third kappa shape index (κ3) is 4.25. The summed E-state index contributed by atoms with van der Waals surface area (Å²) in [6.07, 6.45) is 6.43. The van der Waals surface area contributed by atoms with Crippen molar-refractivity contribution in [2.75, 3.05) is 31.6 Å². The van der Waals surface area contributed by atoms with Crippen LogP contribution in [0.25, 0.3) is 33.6 Å². The summed E-state index contributed by atoms with van der Waals surface area (Å²) in [5.41, 5.74) is 11.8. The normalized spacial score (nSPS) is 23.0. The fraction of sp³-hybridized carbons (Fsp3) is 0.429. The minimum absolute atomic E-state index is 0.0147. The Kier molecular flexibility index (Phi) is 6.00. The highest BCUT2D eigenvalue weighted by Gasteiger charge is 2.47. The zero-order valence-corrected chi connectivity index (χ0v) is 25.8. The Morgan fingerprint density at radius 2 is 1.89 bits per heavy atom. The molecule has 10 heteroatoms. The predicted octanol–water partition coefficient (Wildman–Crippen LogP) is 4.57. The van der Waals surface area contributed by atoms with Crippen LogP contribution in [0.4, 0.5) is 5.82 Å². The lowest BCUT2D eigenvalue weighted by Gasteiger charge is -2.39. The highest BCUT2D eigenvalue weighted by atomic mass is 16.5. The standard InChI is InChI=1S/C35H38N8O2/c1-40-32-26(13-23(15-29(32)45-2)35(44)43-19-22-8-10-27(43)31(22)36)38-34(40)28-14-21-9-11-30(39-33(21)42(28)16-20-6-7-20)41-17-24(18-41)25-5-3-4-12-37-25/h3-5,9,11-15,20,22,24,27,31H,6-8,10,16-19,36H2,1-2H3/t22?,27?,31-/m1/s1. The van der Waals surface area contributed by atoms with Crippen LogP contribution in [0.1, 0.15) is 47.7 Å². The summed E-state index contributed by atoms with van der Waals surface area (Å²) in [4.78, 5) is 33.0. The number of aryl methyl sites for hydroxylation is 1. The highest BCUT2D eigenvalue weighted by Crippen LogP contribution is 2.40. The molecule has 1 amide bonds. The van der Waals surface area contributed by atoms with Gasteiger partial charge in [-0.05, 0) is 80.0 Å². The summed E-state index contributed by atoms with van der Waals surface area (Å²) < 4.78 is 10.3. The lowest BCUT2D eigenvalue weighted by atomic mass is 9.96. The van der Waals surface area contributed by atoms with Crippen LogP contribution < -0.4 is 15.4 Å². The van der Waals surface area contributed by atoms with Gasteiger partial charge in [-0.2, -0.15) is 0 Å². The van der Waals surface area contributed by atoms with Gasteiger partial charge in [0.15, 0.2) is 5.82 Å². The van der Waals surface area contributed by atoms with Gasteiger partial charge in [-0.3, -0.25) is 9.78 Å². The monoisotopic (exact) mass is 602 g/mol. The van der Waals surface area contributed by atoms with Gasteiger partial charge in [0.1, 0.15) is 22.7 Å². The number of amides is 1. The number of aromatic nitrogens is 5. The van der Waals surface area contributed by atoms with E-state index in [0.717, 1.165) is 84.1 Å². The number of anilines is 1. The van der Waals surface area contributed by atoms with Crippen LogP contribution in [0, 0.1) is 11.8 Å². The molecule has 230 valence electrons. The van der Waals surface area contributed by atoms with Crippen LogP contribution in [-0.2, 0) is 13.6 Å². The fourth-order valence-electron chi connectivity index (χ4n) is 7.96. The SMILES string of the molecule is COc1cc(C(=O)N2CC3CCC2[C@@H]3N)cc2nc(-c3cc4ccc(N5CC(c6ccccn6)C5)nc4n3CC3CC3)n(C)c12. The van der Waals surface area contributed by atoms with Gasteiger partial charge in [-0.25, -0.2) is 9.97 Å². The highest BCUT2D eigenvalue weighted by molar-refractivity contribution is 6.00. The van der Waals surface area contributed by atoms with Gasteiger partial charge >= 0.3 is 0 Å². The largest absolute Gasteiger partial charge is 0.494 e. The number of carbonyl (C=O) groups excluding carboxylic acids is 1. The van der Waals surface area contributed by atoms with Gasteiger partial charge < -0.3 is 29.4 Å². The molecule has 2 unspecified atom stereocenters. The minimum Gasteiger partial charge on any atom is -0.494 e.